The van der Waals surface area contributed by atoms with Crippen molar-refractivity contribution in [1.82, 2.24) is 15.6 Å². The molecule has 3 aromatic rings. The summed E-state index contributed by atoms with van der Waals surface area (Å²) in [5, 5.41) is 6.51. The lowest BCUT2D eigenvalue weighted by Crippen LogP contribution is -2.25. The Morgan fingerprint density at radius 1 is 1.07 bits per heavy atom. The molecule has 5 nitrogen and oxygen atoms in total. The number of amides is 2. The second-order valence-corrected chi connectivity index (χ2v) is 7.25. The third kappa shape index (κ3) is 3.48. The standard InChI is InChI=1S/C23H23N3O2/c1-14-20(18-8-3-4-9-19(18)26-21(14)16-10-11-16)23(28)25-13-15-6-5-7-17(12-15)22(27)24-2/h3-9,12,16H,10-11,13H2,1-2H3,(H,24,27)(H,25,28). The van der Waals surface area contributed by atoms with Crippen LogP contribution >= 0.6 is 0 Å². The summed E-state index contributed by atoms with van der Waals surface area (Å²) in [5.41, 5.74) is 5.05. The summed E-state index contributed by atoms with van der Waals surface area (Å²) in [6, 6.07) is 15.1. The number of aromatic nitrogens is 1. The lowest BCUT2D eigenvalue weighted by molar-refractivity contribution is 0.0949. The van der Waals surface area contributed by atoms with E-state index < -0.39 is 0 Å². The number of hydrogen-bond acceptors (Lipinski definition) is 3. The van der Waals surface area contributed by atoms with Gasteiger partial charge in [-0.05, 0) is 49.1 Å². The molecule has 2 amide bonds. The van der Waals surface area contributed by atoms with E-state index in [0.717, 1.165) is 40.6 Å². The largest absolute Gasteiger partial charge is 0.355 e. The normalized spacial score (nSPS) is 13.4. The van der Waals surface area contributed by atoms with Crippen LogP contribution in [-0.2, 0) is 6.54 Å². The topological polar surface area (TPSA) is 71.1 Å². The van der Waals surface area contributed by atoms with Crippen LogP contribution in [-0.4, -0.2) is 23.8 Å². The molecule has 1 aliphatic rings. The number of carbonyl (C=O) groups excluding carboxylic acids is 2. The van der Waals surface area contributed by atoms with Gasteiger partial charge in [-0.3, -0.25) is 14.6 Å². The third-order valence-electron chi connectivity index (χ3n) is 5.23. The number of carbonyl (C=O) groups is 2. The molecule has 1 aliphatic carbocycles. The van der Waals surface area contributed by atoms with Crippen LogP contribution in [0.25, 0.3) is 10.9 Å². The van der Waals surface area contributed by atoms with Crippen molar-refractivity contribution in [3.63, 3.8) is 0 Å². The van der Waals surface area contributed by atoms with Crippen molar-refractivity contribution in [3.8, 4) is 0 Å². The maximum absolute atomic E-state index is 13.1. The molecular weight excluding hydrogens is 350 g/mol. The average Bonchev–Trinajstić information content (AvgIpc) is 3.56. The smallest absolute Gasteiger partial charge is 0.252 e. The molecule has 0 radical (unpaired) electrons. The van der Waals surface area contributed by atoms with Gasteiger partial charge in [0.05, 0.1) is 11.1 Å². The van der Waals surface area contributed by atoms with Gasteiger partial charge in [0, 0.05) is 36.2 Å². The average molecular weight is 373 g/mol. The van der Waals surface area contributed by atoms with Crippen molar-refractivity contribution >= 4 is 22.7 Å². The highest BCUT2D eigenvalue weighted by molar-refractivity contribution is 6.07. The fourth-order valence-electron chi connectivity index (χ4n) is 3.61. The van der Waals surface area contributed by atoms with Crippen molar-refractivity contribution in [2.24, 2.45) is 0 Å². The van der Waals surface area contributed by atoms with Crippen LogP contribution < -0.4 is 10.6 Å². The van der Waals surface area contributed by atoms with Crippen molar-refractivity contribution in [3.05, 3.63) is 76.5 Å². The van der Waals surface area contributed by atoms with Gasteiger partial charge in [0.25, 0.3) is 11.8 Å². The Bertz CT molecular complexity index is 1070. The fraction of sp³-hybridized carbons (Fsp3) is 0.261. The first-order valence-corrected chi connectivity index (χ1v) is 9.57. The predicted octanol–water partition coefficient (Wildman–Crippen LogP) is 3.71. The molecule has 1 aromatic heterocycles. The molecule has 1 heterocycles. The SMILES string of the molecule is CNC(=O)c1cccc(CNC(=O)c2c(C)c(C3CC3)nc3ccccc23)c1. The number of nitrogens with zero attached hydrogens (tertiary/aromatic N) is 1. The minimum atomic E-state index is -0.141. The third-order valence-corrected chi connectivity index (χ3v) is 5.23. The first-order chi connectivity index (χ1) is 13.6. The Morgan fingerprint density at radius 3 is 2.61 bits per heavy atom. The van der Waals surface area contributed by atoms with Gasteiger partial charge in [0.1, 0.15) is 0 Å². The van der Waals surface area contributed by atoms with Crippen molar-refractivity contribution in [2.45, 2.75) is 32.2 Å². The Labute approximate surface area is 164 Å². The summed E-state index contributed by atoms with van der Waals surface area (Å²) >= 11 is 0. The number of hydrogen-bond donors (Lipinski definition) is 2. The van der Waals surface area contributed by atoms with Crippen molar-refractivity contribution in [2.75, 3.05) is 7.05 Å². The Kier molecular flexibility index (Phi) is 4.82. The minimum absolute atomic E-state index is 0.108. The fourth-order valence-corrected chi connectivity index (χ4v) is 3.61. The van der Waals surface area contributed by atoms with E-state index in [1.165, 1.54) is 0 Å². The van der Waals surface area contributed by atoms with Crippen LogP contribution in [0, 0.1) is 6.92 Å². The predicted molar refractivity (Wildman–Crippen MR) is 109 cm³/mol. The first-order valence-electron chi connectivity index (χ1n) is 9.57. The molecule has 0 saturated heterocycles. The molecule has 28 heavy (non-hydrogen) atoms. The van der Waals surface area contributed by atoms with Crippen LogP contribution in [0.5, 0.6) is 0 Å². The summed E-state index contributed by atoms with van der Waals surface area (Å²) in [4.78, 5) is 29.7. The minimum Gasteiger partial charge on any atom is -0.355 e. The van der Waals surface area contributed by atoms with Crippen LogP contribution in [0.2, 0.25) is 0 Å². The highest BCUT2D eigenvalue weighted by Crippen LogP contribution is 2.42. The maximum atomic E-state index is 13.1. The summed E-state index contributed by atoms with van der Waals surface area (Å²) in [7, 11) is 1.60. The highest BCUT2D eigenvalue weighted by atomic mass is 16.2. The van der Waals surface area contributed by atoms with Gasteiger partial charge in [-0.2, -0.15) is 0 Å². The maximum Gasteiger partial charge on any atom is 0.252 e. The molecule has 1 saturated carbocycles. The second kappa shape index (κ2) is 7.43. The van der Waals surface area contributed by atoms with Crippen LogP contribution in [0.4, 0.5) is 0 Å². The quantitative estimate of drug-likeness (QED) is 0.716. The van der Waals surface area contributed by atoms with E-state index in [9.17, 15) is 9.59 Å². The Balaban J connectivity index is 1.63. The molecule has 0 spiro atoms. The number of benzene rings is 2. The van der Waals surface area contributed by atoms with Gasteiger partial charge in [-0.15, -0.1) is 0 Å². The van der Waals surface area contributed by atoms with Crippen LogP contribution in [0.3, 0.4) is 0 Å². The summed E-state index contributed by atoms with van der Waals surface area (Å²) in [6.07, 6.45) is 2.28. The monoisotopic (exact) mass is 373 g/mol. The molecule has 2 aromatic carbocycles. The molecular formula is C23H23N3O2. The van der Waals surface area contributed by atoms with Gasteiger partial charge in [0.15, 0.2) is 0 Å². The van der Waals surface area contributed by atoms with Gasteiger partial charge in [-0.25, -0.2) is 0 Å². The van der Waals surface area contributed by atoms with Crippen molar-refractivity contribution < 1.29 is 9.59 Å². The molecule has 0 unspecified atom stereocenters. The number of nitrogens with one attached hydrogen (secondary N) is 2. The zero-order chi connectivity index (χ0) is 19.7. The lowest BCUT2D eigenvalue weighted by atomic mass is 9.98. The summed E-state index contributed by atoms with van der Waals surface area (Å²) < 4.78 is 0. The molecule has 0 bridgehead atoms. The molecule has 0 aliphatic heterocycles. The zero-order valence-corrected chi connectivity index (χ0v) is 16.1. The number of para-hydroxylation sites is 1. The lowest BCUT2D eigenvalue weighted by Gasteiger charge is -2.14. The van der Waals surface area contributed by atoms with E-state index in [-0.39, 0.29) is 11.8 Å². The molecule has 0 atom stereocenters. The molecule has 1 fully saturated rings. The molecule has 4 rings (SSSR count). The van der Waals surface area contributed by atoms with Crippen LogP contribution in [0.15, 0.2) is 48.5 Å². The number of rotatable bonds is 5. The Hall–Kier alpha value is -3.21. The Morgan fingerprint density at radius 2 is 1.86 bits per heavy atom. The summed E-state index contributed by atoms with van der Waals surface area (Å²) in [5.74, 6) is 0.224. The molecule has 2 N–H and O–H groups in total. The van der Waals surface area contributed by atoms with Gasteiger partial charge in [0.2, 0.25) is 0 Å². The van der Waals surface area contributed by atoms with E-state index in [0.29, 0.717) is 23.6 Å². The van der Waals surface area contributed by atoms with Gasteiger partial charge in [-0.1, -0.05) is 30.3 Å². The highest BCUT2D eigenvalue weighted by Gasteiger charge is 2.29. The van der Waals surface area contributed by atoms with E-state index in [4.69, 9.17) is 4.98 Å². The van der Waals surface area contributed by atoms with E-state index in [1.54, 1.807) is 19.2 Å². The number of fused-ring (bicyclic) bond motifs is 1. The van der Waals surface area contributed by atoms with Gasteiger partial charge >= 0.3 is 0 Å². The van der Waals surface area contributed by atoms with E-state index >= 15 is 0 Å². The van der Waals surface area contributed by atoms with E-state index in [2.05, 4.69) is 10.6 Å². The molecule has 142 valence electrons. The summed E-state index contributed by atoms with van der Waals surface area (Å²) in [6.45, 7) is 2.35. The van der Waals surface area contributed by atoms with Gasteiger partial charge < -0.3 is 10.6 Å². The first kappa shape index (κ1) is 18.2. The molecule has 5 heteroatoms. The van der Waals surface area contributed by atoms with Crippen LogP contribution in [0.1, 0.15) is 56.3 Å². The number of pyridine rings is 1. The van der Waals surface area contributed by atoms with Crippen molar-refractivity contribution in [1.29, 1.82) is 0 Å². The zero-order valence-electron chi connectivity index (χ0n) is 16.1. The van der Waals surface area contributed by atoms with E-state index in [1.807, 2.05) is 43.3 Å². The second-order valence-electron chi connectivity index (χ2n) is 7.25.